The number of carbonyl (C=O) groups excluding carboxylic acids is 2. The van der Waals surface area contributed by atoms with Crippen LogP contribution < -0.4 is 0 Å². The highest BCUT2D eigenvalue weighted by Gasteiger charge is 2.40. The van der Waals surface area contributed by atoms with Gasteiger partial charge in [0.15, 0.2) is 0 Å². The summed E-state index contributed by atoms with van der Waals surface area (Å²) in [4.78, 5) is 24.3. The summed E-state index contributed by atoms with van der Waals surface area (Å²) < 4.78 is 15.8. The topological polar surface area (TPSA) is 65.1 Å². The van der Waals surface area contributed by atoms with Gasteiger partial charge in [0.25, 0.3) is 11.8 Å². The molecule has 6 nitrogen and oxygen atoms in total. The quantitative estimate of drug-likeness (QED) is 0.594. The van der Waals surface area contributed by atoms with Crippen LogP contribution >= 0.6 is 6.72 Å². The molecule has 0 radical (unpaired) electrons. The maximum absolute atomic E-state index is 12.1. The van der Waals surface area contributed by atoms with Crippen molar-refractivity contribution in [2.75, 3.05) is 13.2 Å². The molecule has 0 unspecified atom stereocenters. The van der Waals surface area contributed by atoms with Crippen LogP contribution in [0.2, 0.25) is 0 Å². The minimum absolute atomic E-state index is 0.264. The lowest BCUT2D eigenvalue weighted by Crippen LogP contribution is -2.29. The molecule has 1 aromatic carbocycles. The van der Waals surface area contributed by atoms with E-state index in [4.69, 9.17) is 25.5 Å². The fourth-order valence-corrected chi connectivity index (χ4v) is 3.72. The Labute approximate surface area is 121 Å². The molecule has 2 amide bonds. The van der Waals surface area contributed by atoms with Gasteiger partial charge in [-0.2, -0.15) is 4.62 Å². The Kier molecular flexibility index (Phi) is 4.67. The van der Waals surface area contributed by atoms with Crippen LogP contribution in [-0.2, 0) is 25.5 Å². The number of imide groups is 1. The van der Waals surface area contributed by atoms with Gasteiger partial charge in [-0.1, -0.05) is 12.1 Å². The fraction of sp³-hybridized carbons (Fsp3) is 0.333. The van der Waals surface area contributed by atoms with Crippen molar-refractivity contribution in [3.05, 3.63) is 35.4 Å². The molecule has 0 atom stereocenters. The number of hydrogen-bond donors (Lipinski definition) is 0. The Hall–Kier alpha value is -1.11. The fourth-order valence-electron chi connectivity index (χ4n) is 1.74. The van der Waals surface area contributed by atoms with Gasteiger partial charge in [-0.3, -0.25) is 9.59 Å². The van der Waals surface area contributed by atoms with Gasteiger partial charge in [-0.25, -0.2) is 0 Å². The lowest BCUT2D eigenvalue weighted by atomic mass is 10.1. The molecule has 1 aliphatic rings. The van der Waals surface area contributed by atoms with Gasteiger partial charge in [0, 0.05) is 0 Å². The third-order valence-corrected chi connectivity index (χ3v) is 4.86. The molecule has 1 heterocycles. The highest BCUT2D eigenvalue weighted by Crippen LogP contribution is 2.51. The Morgan fingerprint density at radius 2 is 1.50 bits per heavy atom. The van der Waals surface area contributed by atoms with Crippen LogP contribution in [0, 0.1) is 0 Å². The average molecular weight is 315 g/mol. The molecular formula is C12H14NO5PS. The molecule has 108 valence electrons. The lowest BCUT2D eigenvalue weighted by molar-refractivity contribution is -0.0292. The maximum atomic E-state index is 12.1. The molecule has 20 heavy (non-hydrogen) atoms. The molecule has 1 aliphatic heterocycles. The second kappa shape index (κ2) is 6.11. The average Bonchev–Trinajstić information content (AvgIpc) is 2.65. The predicted molar refractivity (Wildman–Crippen MR) is 75.6 cm³/mol. The van der Waals surface area contributed by atoms with E-state index in [0.29, 0.717) is 5.06 Å². The second-order valence-corrected chi connectivity index (χ2v) is 6.73. The molecule has 0 aromatic heterocycles. The first-order valence-corrected chi connectivity index (χ1v) is 8.64. The number of nitrogens with zero attached hydrogens (tertiary/aromatic N) is 1. The maximum Gasteiger partial charge on any atom is 0.349 e. The molecule has 0 N–H and O–H groups in total. The molecule has 0 aliphatic carbocycles. The summed E-state index contributed by atoms with van der Waals surface area (Å²) in [5.41, 5.74) is 0.569. The van der Waals surface area contributed by atoms with Crippen LogP contribution in [0.25, 0.3) is 0 Å². The zero-order valence-electron chi connectivity index (χ0n) is 11.1. The van der Waals surface area contributed by atoms with Crippen LogP contribution in [0.1, 0.15) is 34.6 Å². The largest absolute Gasteiger partial charge is 0.349 e. The summed E-state index contributed by atoms with van der Waals surface area (Å²) in [6.07, 6.45) is 0. The highest BCUT2D eigenvalue weighted by molar-refractivity contribution is 8.07. The van der Waals surface area contributed by atoms with E-state index in [1.54, 1.807) is 38.1 Å². The van der Waals surface area contributed by atoms with Crippen molar-refractivity contribution in [3.63, 3.8) is 0 Å². The molecular weight excluding hydrogens is 301 g/mol. The van der Waals surface area contributed by atoms with Gasteiger partial charge in [0.05, 0.1) is 24.3 Å². The number of hydrogen-bond acceptors (Lipinski definition) is 6. The van der Waals surface area contributed by atoms with E-state index in [2.05, 4.69) is 0 Å². The highest BCUT2D eigenvalue weighted by atomic mass is 32.5. The van der Waals surface area contributed by atoms with Gasteiger partial charge in [-0.05, 0) is 37.8 Å². The van der Waals surface area contributed by atoms with E-state index < -0.39 is 18.5 Å². The van der Waals surface area contributed by atoms with E-state index in [1.165, 1.54) is 0 Å². The first-order chi connectivity index (χ1) is 9.52. The number of amides is 2. The summed E-state index contributed by atoms with van der Waals surface area (Å²) in [5.74, 6) is -1.11. The van der Waals surface area contributed by atoms with Crippen LogP contribution in [-0.4, -0.2) is 30.1 Å². The number of benzene rings is 1. The molecule has 0 fully saturated rings. The summed E-state index contributed by atoms with van der Waals surface area (Å²) >= 11 is 5.15. The Balaban J connectivity index is 2.25. The Morgan fingerprint density at radius 3 is 1.90 bits per heavy atom. The van der Waals surface area contributed by atoms with Crippen LogP contribution in [0.4, 0.5) is 0 Å². The Morgan fingerprint density at radius 1 is 1.05 bits per heavy atom. The third-order valence-electron chi connectivity index (χ3n) is 2.51. The van der Waals surface area contributed by atoms with E-state index in [-0.39, 0.29) is 24.3 Å². The number of hydroxylamine groups is 2. The summed E-state index contributed by atoms with van der Waals surface area (Å²) in [6.45, 7) is 0.831. The zero-order chi connectivity index (χ0) is 14.8. The van der Waals surface area contributed by atoms with E-state index in [1.807, 2.05) is 0 Å². The monoisotopic (exact) mass is 315 g/mol. The van der Waals surface area contributed by atoms with Crippen LogP contribution in [0.3, 0.4) is 0 Å². The second-order valence-electron chi connectivity index (χ2n) is 3.81. The van der Waals surface area contributed by atoms with Crippen LogP contribution in [0.5, 0.6) is 0 Å². The van der Waals surface area contributed by atoms with Gasteiger partial charge in [0.2, 0.25) is 0 Å². The van der Waals surface area contributed by atoms with Gasteiger partial charge in [0.1, 0.15) is 0 Å². The molecule has 8 heteroatoms. The van der Waals surface area contributed by atoms with Crippen molar-refractivity contribution in [3.8, 4) is 0 Å². The van der Waals surface area contributed by atoms with E-state index >= 15 is 0 Å². The molecule has 0 saturated heterocycles. The van der Waals surface area contributed by atoms with Crippen molar-refractivity contribution in [1.29, 1.82) is 0 Å². The van der Waals surface area contributed by atoms with Crippen molar-refractivity contribution in [1.82, 2.24) is 5.06 Å². The van der Waals surface area contributed by atoms with Crippen molar-refractivity contribution in [2.24, 2.45) is 0 Å². The first kappa shape index (κ1) is 15.3. The molecule has 2 rings (SSSR count). The number of rotatable bonds is 6. The van der Waals surface area contributed by atoms with E-state index in [9.17, 15) is 9.59 Å². The minimum atomic E-state index is -3.15. The smallest absolute Gasteiger partial charge is 0.308 e. The summed E-state index contributed by atoms with van der Waals surface area (Å²) in [7, 11) is 0. The van der Waals surface area contributed by atoms with Crippen molar-refractivity contribution in [2.45, 2.75) is 13.8 Å². The van der Waals surface area contributed by atoms with Crippen LogP contribution in [0.15, 0.2) is 24.3 Å². The first-order valence-electron chi connectivity index (χ1n) is 6.09. The lowest BCUT2D eigenvalue weighted by Gasteiger charge is -2.23. The molecule has 0 saturated carbocycles. The van der Waals surface area contributed by atoms with E-state index in [0.717, 1.165) is 0 Å². The Bertz CT molecular complexity index is 546. The zero-order valence-corrected chi connectivity index (χ0v) is 12.8. The number of carbonyl (C=O) groups is 2. The van der Waals surface area contributed by atoms with Gasteiger partial charge in [-0.15, -0.1) is 5.06 Å². The predicted octanol–water partition coefficient (Wildman–Crippen LogP) is 2.51. The minimum Gasteiger partial charge on any atom is -0.308 e. The SMILES string of the molecule is CCOP(=S)(OCC)ON1C(=O)c2ccccc2C1=O. The van der Waals surface area contributed by atoms with Gasteiger partial charge < -0.3 is 9.05 Å². The van der Waals surface area contributed by atoms with Gasteiger partial charge >= 0.3 is 6.72 Å². The normalized spacial score (nSPS) is 14.8. The molecule has 0 spiro atoms. The third kappa shape index (κ3) is 2.82. The molecule has 1 aromatic rings. The van der Waals surface area contributed by atoms with Crippen molar-refractivity contribution < 1.29 is 23.3 Å². The van der Waals surface area contributed by atoms with Crippen molar-refractivity contribution >= 4 is 30.3 Å². The summed E-state index contributed by atoms with van der Waals surface area (Å²) in [6, 6.07) is 6.47. The number of fused-ring (bicyclic) bond motifs is 1. The molecule has 0 bridgehead atoms. The summed E-state index contributed by atoms with van der Waals surface area (Å²) in [5, 5.41) is 0.636. The standard InChI is InChI=1S/C12H14NO5PS/c1-3-16-19(20,17-4-2)18-13-11(14)9-7-5-6-8-10(9)12(13)15/h5-8H,3-4H2,1-2H3.